The predicted molar refractivity (Wildman–Crippen MR) is 77.7 cm³/mol. The highest BCUT2D eigenvalue weighted by molar-refractivity contribution is 7.92. The van der Waals surface area contributed by atoms with Crippen molar-refractivity contribution >= 4 is 15.7 Å². The average molecular weight is 300 g/mol. The van der Waals surface area contributed by atoms with Crippen LogP contribution in [0.2, 0.25) is 0 Å². The second-order valence-corrected chi connectivity index (χ2v) is 8.30. The summed E-state index contributed by atoms with van der Waals surface area (Å²) in [6.45, 7) is 3.95. The molecule has 0 radical (unpaired) electrons. The molecule has 0 aromatic rings. The minimum atomic E-state index is -3.16. The molecule has 1 fully saturated rings. The van der Waals surface area contributed by atoms with Crippen LogP contribution < -0.4 is 5.32 Å². The molecule has 1 aliphatic rings. The van der Waals surface area contributed by atoms with E-state index < -0.39 is 15.9 Å². The number of nitriles is 1. The standard InChI is InChI=1S/C14H24N2O3S/c1-11(2)9-12(10-15)16-14(17)7-8-20(18,19)13-5-3-4-6-13/h11-13H,3-9H2,1-2H3,(H,16,17)/t12-/m1/s1. The van der Waals surface area contributed by atoms with Gasteiger partial charge in [-0.05, 0) is 25.2 Å². The maximum absolute atomic E-state index is 12.0. The maximum atomic E-state index is 12.0. The summed E-state index contributed by atoms with van der Waals surface area (Å²) in [7, 11) is -3.16. The van der Waals surface area contributed by atoms with E-state index in [2.05, 4.69) is 5.32 Å². The van der Waals surface area contributed by atoms with Gasteiger partial charge in [0, 0.05) is 6.42 Å². The first-order chi connectivity index (χ1) is 9.35. The lowest BCUT2D eigenvalue weighted by atomic mass is 10.0. The van der Waals surface area contributed by atoms with Gasteiger partial charge in [0.05, 0.1) is 17.1 Å². The number of rotatable bonds is 7. The van der Waals surface area contributed by atoms with Crippen molar-refractivity contribution in [1.29, 1.82) is 5.26 Å². The van der Waals surface area contributed by atoms with Crippen molar-refractivity contribution in [3.63, 3.8) is 0 Å². The third-order valence-corrected chi connectivity index (χ3v) is 5.88. The monoisotopic (exact) mass is 300 g/mol. The van der Waals surface area contributed by atoms with Crippen molar-refractivity contribution < 1.29 is 13.2 Å². The van der Waals surface area contributed by atoms with E-state index in [1.165, 1.54) is 0 Å². The minimum absolute atomic E-state index is 0.0465. The maximum Gasteiger partial charge on any atom is 0.222 e. The van der Waals surface area contributed by atoms with Gasteiger partial charge in [-0.15, -0.1) is 0 Å². The van der Waals surface area contributed by atoms with Crippen LogP contribution in [0.25, 0.3) is 0 Å². The van der Waals surface area contributed by atoms with Gasteiger partial charge in [-0.1, -0.05) is 26.7 Å². The van der Waals surface area contributed by atoms with Crippen LogP contribution in [0.1, 0.15) is 52.4 Å². The van der Waals surface area contributed by atoms with E-state index in [-0.39, 0.29) is 23.3 Å². The Morgan fingerprint density at radius 1 is 1.35 bits per heavy atom. The second kappa shape index (κ2) is 7.63. The molecule has 5 nitrogen and oxygen atoms in total. The van der Waals surface area contributed by atoms with Gasteiger partial charge in [-0.3, -0.25) is 4.79 Å². The molecule has 0 spiro atoms. The van der Waals surface area contributed by atoms with Crippen molar-refractivity contribution in [3.05, 3.63) is 0 Å². The Labute approximate surface area is 121 Å². The molecular weight excluding hydrogens is 276 g/mol. The van der Waals surface area contributed by atoms with Gasteiger partial charge in [-0.2, -0.15) is 5.26 Å². The Bertz CT molecular complexity index is 459. The Morgan fingerprint density at radius 3 is 2.45 bits per heavy atom. The number of hydrogen-bond donors (Lipinski definition) is 1. The van der Waals surface area contributed by atoms with Crippen LogP contribution in [0.3, 0.4) is 0 Å². The summed E-state index contributed by atoms with van der Waals surface area (Å²) >= 11 is 0. The van der Waals surface area contributed by atoms with E-state index in [1.54, 1.807) is 0 Å². The number of amides is 1. The molecule has 20 heavy (non-hydrogen) atoms. The third kappa shape index (κ3) is 5.49. The fourth-order valence-electron chi connectivity index (χ4n) is 2.53. The van der Waals surface area contributed by atoms with Crippen LogP contribution in [0, 0.1) is 17.2 Å². The summed E-state index contributed by atoms with van der Waals surface area (Å²) in [4.78, 5) is 11.7. The number of carbonyl (C=O) groups excluding carboxylic acids is 1. The van der Waals surface area contributed by atoms with Gasteiger partial charge in [0.1, 0.15) is 6.04 Å². The first-order valence-electron chi connectivity index (χ1n) is 7.25. The number of sulfone groups is 1. The summed E-state index contributed by atoms with van der Waals surface area (Å²) in [5, 5.41) is 11.3. The normalized spacial score (nSPS) is 17.9. The summed E-state index contributed by atoms with van der Waals surface area (Å²) in [6, 6.07) is 1.50. The Kier molecular flexibility index (Phi) is 6.47. The van der Waals surface area contributed by atoms with E-state index in [0.717, 1.165) is 25.7 Å². The molecule has 1 N–H and O–H groups in total. The molecule has 1 atom stereocenters. The molecule has 6 heteroatoms. The predicted octanol–water partition coefficient (Wildman–Crippen LogP) is 1.79. The van der Waals surface area contributed by atoms with Crippen LogP contribution in [-0.4, -0.2) is 31.4 Å². The van der Waals surface area contributed by atoms with Crippen LogP contribution in [0.5, 0.6) is 0 Å². The lowest BCUT2D eigenvalue weighted by molar-refractivity contribution is -0.121. The Morgan fingerprint density at radius 2 is 1.95 bits per heavy atom. The van der Waals surface area contributed by atoms with Crippen molar-refractivity contribution in [3.8, 4) is 6.07 Å². The third-order valence-electron chi connectivity index (χ3n) is 3.62. The van der Waals surface area contributed by atoms with Crippen LogP contribution in [0.15, 0.2) is 0 Å². The highest BCUT2D eigenvalue weighted by Gasteiger charge is 2.29. The number of carbonyl (C=O) groups is 1. The Balaban J connectivity index is 2.41. The van der Waals surface area contributed by atoms with Gasteiger partial charge in [0.2, 0.25) is 5.91 Å². The quantitative estimate of drug-likeness (QED) is 0.776. The summed E-state index contributed by atoms with van der Waals surface area (Å²) in [5.74, 6) is -0.149. The lowest BCUT2D eigenvalue weighted by Crippen LogP contribution is -2.36. The molecule has 114 valence electrons. The zero-order chi connectivity index (χ0) is 15.2. The first-order valence-corrected chi connectivity index (χ1v) is 8.97. The highest BCUT2D eigenvalue weighted by atomic mass is 32.2. The van der Waals surface area contributed by atoms with Crippen LogP contribution in [0.4, 0.5) is 0 Å². The van der Waals surface area contributed by atoms with E-state index in [4.69, 9.17) is 5.26 Å². The Hall–Kier alpha value is -1.09. The largest absolute Gasteiger partial charge is 0.340 e. The first kappa shape index (κ1) is 17.0. The molecule has 1 amide bonds. The van der Waals surface area contributed by atoms with Crippen molar-refractivity contribution in [2.24, 2.45) is 5.92 Å². The molecule has 0 bridgehead atoms. The minimum Gasteiger partial charge on any atom is -0.340 e. The molecule has 1 saturated carbocycles. The second-order valence-electron chi connectivity index (χ2n) is 5.90. The molecule has 0 unspecified atom stereocenters. The van der Waals surface area contributed by atoms with Gasteiger partial charge < -0.3 is 5.32 Å². The van der Waals surface area contributed by atoms with Gasteiger partial charge in [0.15, 0.2) is 9.84 Å². The zero-order valence-electron chi connectivity index (χ0n) is 12.3. The fraction of sp³-hybridized carbons (Fsp3) is 0.857. The van der Waals surface area contributed by atoms with Gasteiger partial charge in [-0.25, -0.2) is 8.42 Å². The van der Waals surface area contributed by atoms with Gasteiger partial charge >= 0.3 is 0 Å². The number of nitrogens with one attached hydrogen (secondary N) is 1. The molecule has 0 aromatic carbocycles. The molecule has 1 aliphatic carbocycles. The molecule has 0 saturated heterocycles. The van der Waals surface area contributed by atoms with Crippen LogP contribution >= 0.6 is 0 Å². The number of nitrogens with zero attached hydrogens (tertiary/aromatic N) is 1. The lowest BCUT2D eigenvalue weighted by Gasteiger charge is -2.14. The topological polar surface area (TPSA) is 87.0 Å². The van der Waals surface area contributed by atoms with Gasteiger partial charge in [0.25, 0.3) is 0 Å². The SMILES string of the molecule is CC(C)C[C@H](C#N)NC(=O)CCS(=O)(=O)C1CCCC1. The highest BCUT2D eigenvalue weighted by Crippen LogP contribution is 2.25. The molecule has 0 heterocycles. The smallest absolute Gasteiger partial charge is 0.222 e. The number of hydrogen-bond acceptors (Lipinski definition) is 4. The molecule has 0 aliphatic heterocycles. The van der Waals surface area contributed by atoms with E-state index >= 15 is 0 Å². The molecular formula is C14H24N2O3S. The van der Waals surface area contributed by atoms with E-state index in [1.807, 2.05) is 19.9 Å². The van der Waals surface area contributed by atoms with E-state index in [0.29, 0.717) is 12.3 Å². The average Bonchev–Trinajstić information content (AvgIpc) is 2.89. The van der Waals surface area contributed by atoms with Crippen molar-refractivity contribution in [2.45, 2.75) is 63.7 Å². The van der Waals surface area contributed by atoms with Crippen LogP contribution in [-0.2, 0) is 14.6 Å². The summed E-state index contributed by atoms with van der Waals surface area (Å²) in [5.41, 5.74) is 0. The molecule has 0 aromatic heterocycles. The molecule has 1 rings (SSSR count). The van der Waals surface area contributed by atoms with E-state index in [9.17, 15) is 13.2 Å². The van der Waals surface area contributed by atoms with Crippen molar-refractivity contribution in [2.75, 3.05) is 5.75 Å². The van der Waals surface area contributed by atoms with Crippen molar-refractivity contribution in [1.82, 2.24) is 5.32 Å². The summed E-state index contributed by atoms with van der Waals surface area (Å²) < 4.78 is 24.1. The zero-order valence-corrected chi connectivity index (χ0v) is 13.1. The summed E-state index contributed by atoms with van der Waals surface area (Å²) in [6.07, 6.45) is 3.89. The fourth-order valence-corrected chi connectivity index (χ4v) is 4.39.